The molecule has 0 aromatic heterocycles. The van der Waals surface area contributed by atoms with Gasteiger partial charge in [0.2, 0.25) is 5.91 Å². The first-order valence-electron chi connectivity index (χ1n) is 7.98. The number of anilines is 1. The monoisotopic (exact) mass is 287 g/mol. The highest BCUT2D eigenvalue weighted by molar-refractivity contribution is 5.86. The van der Waals surface area contributed by atoms with Crippen LogP contribution in [0.3, 0.4) is 0 Å². The predicted octanol–water partition coefficient (Wildman–Crippen LogP) is 1.92. The van der Waals surface area contributed by atoms with Gasteiger partial charge in [-0.25, -0.2) is 0 Å². The third kappa shape index (κ3) is 2.91. The summed E-state index contributed by atoms with van der Waals surface area (Å²) < 4.78 is 0. The first-order chi connectivity index (χ1) is 10.1. The van der Waals surface area contributed by atoms with Crippen molar-refractivity contribution in [2.24, 2.45) is 5.73 Å². The van der Waals surface area contributed by atoms with Gasteiger partial charge >= 0.3 is 0 Å². The Bertz CT molecular complexity index is 515. The Hall–Kier alpha value is -1.55. The van der Waals surface area contributed by atoms with Crippen molar-refractivity contribution in [2.45, 2.75) is 38.1 Å². The number of hydrogen-bond donors (Lipinski definition) is 1. The SMILES string of the molecule is Cc1cccc(N2CCN(C(=O)C3(N)CCCC3)CC2)c1. The molecule has 0 spiro atoms. The number of hydrogen-bond acceptors (Lipinski definition) is 3. The summed E-state index contributed by atoms with van der Waals surface area (Å²) in [6, 6.07) is 8.56. The molecule has 2 fully saturated rings. The molecule has 1 aromatic rings. The highest BCUT2D eigenvalue weighted by Gasteiger charge is 2.40. The van der Waals surface area contributed by atoms with Gasteiger partial charge in [-0.2, -0.15) is 0 Å². The topological polar surface area (TPSA) is 49.6 Å². The summed E-state index contributed by atoms with van der Waals surface area (Å²) >= 11 is 0. The van der Waals surface area contributed by atoms with Gasteiger partial charge in [-0.1, -0.05) is 25.0 Å². The Kier molecular flexibility index (Phi) is 3.89. The second kappa shape index (κ2) is 5.68. The van der Waals surface area contributed by atoms with Gasteiger partial charge < -0.3 is 15.5 Å². The van der Waals surface area contributed by atoms with Crippen molar-refractivity contribution in [3.63, 3.8) is 0 Å². The first-order valence-corrected chi connectivity index (χ1v) is 7.98. The molecule has 1 aromatic carbocycles. The van der Waals surface area contributed by atoms with Crippen LogP contribution >= 0.6 is 0 Å². The molecule has 1 aliphatic heterocycles. The smallest absolute Gasteiger partial charge is 0.242 e. The lowest BCUT2D eigenvalue weighted by atomic mass is 9.97. The van der Waals surface area contributed by atoms with Gasteiger partial charge in [0.1, 0.15) is 0 Å². The van der Waals surface area contributed by atoms with Crippen LogP contribution in [0.15, 0.2) is 24.3 Å². The van der Waals surface area contributed by atoms with Gasteiger partial charge in [-0.05, 0) is 37.5 Å². The maximum atomic E-state index is 12.6. The molecule has 1 saturated carbocycles. The maximum absolute atomic E-state index is 12.6. The fourth-order valence-corrected chi connectivity index (χ4v) is 3.53. The lowest BCUT2D eigenvalue weighted by Crippen LogP contribution is -2.58. The van der Waals surface area contributed by atoms with E-state index in [-0.39, 0.29) is 5.91 Å². The Morgan fingerprint density at radius 1 is 1.14 bits per heavy atom. The Balaban J connectivity index is 1.61. The van der Waals surface area contributed by atoms with Crippen LogP contribution in [-0.4, -0.2) is 42.5 Å². The number of amides is 1. The Morgan fingerprint density at radius 3 is 2.43 bits per heavy atom. The van der Waals surface area contributed by atoms with E-state index in [1.165, 1.54) is 11.3 Å². The average Bonchev–Trinajstić information content (AvgIpc) is 2.95. The zero-order valence-corrected chi connectivity index (χ0v) is 12.8. The number of rotatable bonds is 2. The molecule has 1 saturated heterocycles. The van der Waals surface area contributed by atoms with Crippen LogP contribution < -0.4 is 10.6 Å². The highest BCUT2D eigenvalue weighted by Crippen LogP contribution is 2.29. The van der Waals surface area contributed by atoms with Crippen LogP contribution in [-0.2, 0) is 4.79 Å². The number of nitrogens with zero attached hydrogens (tertiary/aromatic N) is 2. The van der Waals surface area contributed by atoms with Crippen LogP contribution in [0.2, 0.25) is 0 Å². The largest absolute Gasteiger partial charge is 0.368 e. The fraction of sp³-hybridized carbons (Fsp3) is 0.588. The first kappa shape index (κ1) is 14.4. The Labute approximate surface area is 126 Å². The number of aryl methyl sites for hydroxylation is 1. The minimum absolute atomic E-state index is 0.170. The second-order valence-corrected chi connectivity index (χ2v) is 6.48. The van der Waals surface area contributed by atoms with Crippen molar-refractivity contribution in [1.29, 1.82) is 0 Å². The van der Waals surface area contributed by atoms with E-state index in [1.54, 1.807) is 0 Å². The highest BCUT2D eigenvalue weighted by atomic mass is 16.2. The molecule has 1 heterocycles. The zero-order chi connectivity index (χ0) is 14.9. The normalized spacial score (nSPS) is 21.6. The summed E-state index contributed by atoms with van der Waals surface area (Å²) in [6.45, 7) is 5.47. The van der Waals surface area contributed by atoms with Crippen LogP contribution in [0, 0.1) is 6.92 Å². The van der Waals surface area contributed by atoms with Crippen LogP contribution in [0.25, 0.3) is 0 Å². The minimum Gasteiger partial charge on any atom is -0.368 e. The molecule has 0 unspecified atom stereocenters. The molecule has 0 atom stereocenters. The van der Waals surface area contributed by atoms with Crippen molar-refractivity contribution in [3.05, 3.63) is 29.8 Å². The average molecular weight is 287 g/mol. The number of benzene rings is 1. The van der Waals surface area contributed by atoms with Crippen LogP contribution in [0.5, 0.6) is 0 Å². The van der Waals surface area contributed by atoms with E-state index < -0.39 is 5.54 Å². The number of nitrogens with two attached hydrogens (primary N) is 1. The Morgan fingerprint density at radius 2 is 1.81 bits per heavy atom. The second-order valence-electron chi connectivity index (χ2n) is 6.48. The van der Waals surface area contributed by atoms with E-state index in [1.807, 2.05) is 4.90 Å². The lowest BCUT2D eigenvalue weighted by Gasteiger charge is -2.39. The van der Waals surface area contributed by atoms with Crippen LogP contribution in [0.1, 0.15) is 31.2 Å². The molecular weight excluding hydrogens is 262 g/mol. The fourth-order valence-electron chi connectivity index (χ4n) is 3.53. The molecule has 2 aliphatic rings. The molecule has 4 heteroatoms. The summed E-state index contributed by atoms with van der Waals surface area (Å²) in [5.74, 6) is 0.170. The van der Waals surface area contributed by atoms with Crippen molar-refractivity contribution >= 4 is 11.6 Å². The maximum Gasteiger partial charge on any atom is 0.242 e. The summed E-state index contributed by atoms with van der Waals surface area (Å²) in [5, 5.41) is 0. The van der Waals surface area contributed by atoms with Gasteiger partial charge in [-0.3, -0.25) is 4.79 Å². The van der Waals surface area contributed by atoms with Gasteiger partial charge in [-0.15, -0.1) is 0 Å². The van der Waals surface area contributed by atoms with Gasteiger partial charge in [0, 0.05) is 31.9 Å². The lowest BCUT2D eigenvalue weighted by molar-refractivity contribution is -0.137. The molecule has 114 valence electrons. The molecule has 1 amide bonds. The van der Waals surface area contributed by atoms with Crippen molar-refractivity contribution in [2.75, 3.05) is 31.1 Å². The van der Waals surface area contributed by atoms with Crippen molar-refractivity contribution < 1.29 is 4.79 Å². The van der Waals surface area contributed by atoms with E-state index in [9.17, 15) is 4.79 Å². The molecule has 4 nitrogen and oxygen atoms in total. The number of carbonyl (C=O) groups excluding carboxylic acids is 1. The molecule has 3 rings (SSSR count). The van der Waals surface area contributed by atoms with Crippen molar-refractivity contribution in [1.82, 2.24) is 4.90 Å². The van der Waals surface area contributed by atoms with E-state index in [4.69, 9.17) is 5.73 Å². The summed E-state index contributed by atoms with van der Waals surface area (Å²) in [5.41, 5.74) is 8.25. The summed E-state index contributed by atoms with van der Waals surface area (Å²) in [6.07, 6.45) is 3.88. The molecule has 0 radical (unpaired) electrons. The molecule has 0 bridgehead atoms. The van der Waals surface area contributed by atoms with Gasteiger partial charge in [0.25, 0.3) is 0 Å². The standard InChI is InChI=1S/C17H25N3O/c1-14-5-4-6-15(13-14)19-9-11-20(12-10-19)16(21)17(18)7-2-3-8-17/h4-6,13H,2-3,7-12,18H2,1H3. The van der Waals surface area contributed by atoms with Crippen LogP contribution in [0.4, 0.5) is 5.69 Å². The molecule has 21 heavy (non-hydrogen) atoms. The van der Waals surface area contributed by atoms with Gasteiger partial charge in [0.05, 0.1) is 5.54 Å². The molecule has 2 N–H and O–H groups in total. The van der Waals surface area contributed by atoms with E-state index in [2.05, 4.69) is 36.1 Å². The predicted molar refractivity (Wildman–Crippen MR) is 85.4 cm³/mol. The summed E-state index contributed by atoms with van der Waals surface area (Å²) in [4.78, 5) is 16.9. The zero-order valence-electron chi connectivity index (χ0n) is 12.8. The minimum atomic E-state index is -0.578. The van der Waals surface area contributed by atoms with Crippen molar-refractivity contribution in [3.8, 4) is 0 Å². The van der Waals surface area contributed by atoms with E-state index in [0.717, 1.165) is 51.9 Å². The van der Waals surface area contributed by atoms with E-state index >= 15 is 0 Å². The number of carbonyl (C=O) groups is 1. The third-order valence-corrected chi connectivity index (χ3v) is 4.86. The quantitative estimate of drug-likeness (QED) is 0.904. The molecule has 1 aliphatic carbocycles. The van der Waals surface area contributed by atoms with Gasteiger partial charge in [0.15, 0.2) is 0 Å². The summed E-state index contributed by atoms with van der Waals surface area (Å²) in [7, 11) is 0. The number of piperazine rings is 1. The third-order valence-electron chi connectivity index (χ3n) is 4.86. The van der Waals surface area contributed by atoms with E-state index in [0.29, 0.717) is 0 Å². The molecular formula is C17H25N3O.